The molecule has 4 rings (SSSR count). The first-order valence-corrected chi connectivity index (χ1v) is 9.29. The standard InChI is InChI=1S/C14H14ClN3O2S/c15-21(19,20)13-17-16-12(18(13)11-6-7-11)14(8-9-14)10-4-2-1-3-5-10/h1-5,11H,6-9H2. The molecule has 0 aliphatic heterocycles. The van der Waals surface area contributed by atoms with Crippen molar-refractivity contribution in [2.75, 3.05) is 0 Å². The van der Waals surface area contributed by atoms with Crippen molar-refractivity contribution in [1.29, 1.82) is 0 Å². The summed E-state index contributed by atoms with van der Waals surface area (Å²) in [6, 6.07) is 10.3. The molecule has 0 radical (unpaired) electrons. The molecule has 110 valence electrons. The number of aromatic nitrogens is 3. The summed E-state index contributed by atoms with van der Waals surface area (Å²) in [5.41, 5.74) is 0.967. The van der Waals surface area contributed by atoms with E-state index < -0.39 is 9.05 Å². The van der Waals surface area contributed by atoms with Crippen LogP contribution in [0, 0.1) is 0 Å². The predicted octanol–water partition coefficient (Wildman–Crippen LogP) is 2.62. The molecule has 0 amide bonds. The fraction of sp³-hybridized carbons (Fsp3) is 0.429. The zero-order valence-electron chi connectivity index (χ0n) is 11.2. The van der Waals surface area contributed by atoms with Gasteiger partial charge in [0.25, 0.3) is 14.2 Å². The molecule has 2 aliphatic rings. The van der Waals surface area contributed by atoms with Crippen LogP contribution < -0.4 is 0 Å². The average molecular weight is 324 g/mol. The van der Waals surface area contributed by atoms with Gasteiger partial charge in [0.15, 0.2) is 0 Å². The molecule has 0 unspecified atom stereocenters. The minimum absolute atomic E-state index is 0.108. The third-order valence-electron chi connectivity index (χ3n) is 4.30. The van der Waals surface area contributed by atoms with Gasteiger partial charge in [-0.2, -0.15) is 0 Å². The Balaban J connectivity index is 1.89. The maximum Gasteiger partial charge on any atom is 0.296 e. The second kappa shape index (κ2) is 4.30. The zero-order valence-corrected chi connectivity index (χ0v) is 12.8. The van der Waals surface area contributed by atoms with Gasteiger partial charge in [0, 0.05) is 16.7 Å². The summed E-state index contributed by atoms with van der Waals surface area (Å²) in [5.74, 6) is 0.746. The van der Waals surface area contributed by atoms with E-state index in [0.717, 1.165) is 37.1 Å². The normalized spacial score (nSPS) is 20.4. The molecule has 2 aliphatic carbocycles. The molecule has 1 aromatic carbocycles. The average Bonchev–Trinajstić information content (AvgIpc) is 3.38. The quantitative estimate of drug-likeness (QED) is 0.811. The smallest absolute Gasteiger partial charge is 0.296 e. The summed E-state index contributed by atoms with van der Waals surface area (Å²) in [4.78, 5) is 0. The molecule has 0 atom stereocenters. The Hall–Kier alpha value is -1.40. The number of benzene rings is 1. The largest absolute Gasteiger partial charge is 0.297 e. The third kappa shape index (κ3) is 2.08. The molecule has 1 aromatic heterocycles. The first-order chi connectivity index (χ1) is 10.0. The van der Waals surface area contributed by atoms with Gasteiger partial charge in [-0.05, 0) is 31.2 Å². The monoisotopic (exact) mass is 323 g/mol. The van der Waals surface area contributed by atoms with E-state index in [2.05, 4.69) is 22.3 Å². The van der Waals surface area contributed by atoms with Gasteiger partial charge in [-0.1, -0.05) is 30.3 Å². The Morgan fingerprint density at radius 3 is 2.33 bits per heavy atom. The molecular formula is C14H14ClN3O2S. The van der Waals surface area contributed by atoms with Crippen molar-refractivity contribution in [3.05, 3.63) is 41.7 Å². The highest BCUT2D eigenvalue weighted by molar-refractivity contribution is 8.13. The Bertz CT molecular complexity index is 793. The molecule has 2 fully saturated rings. The first-order valence-electron chi connectivity index (χ1n) is 6.98. The first kappa shape index (κ1) is 13.3. The Morgan fingerprint density at radius 2 is 1.81 bits per heavy atom. The molecule has 2 aromatic rings. The summed E-state index contributed by atoms with van der Waals surface area (Å²) >= 11 is 0. The molecule has 1 heterocycles. The topological polar surface area (TPSA) is 64.8 Å². The van der Waals surface area contributed by atoms with Gasteiger partial charge in [0.05, 0.1) is 5.41 Å². The summed E-state index contributed by atoms with van der Waals surface area (Å²) in [6.45, 7) is 0. The summed E-state index contributed by atoms with van der Waals surface area (Å²) in [5, 5.41) is 7.97. The molecule has 2 saturated carbocycles. The van der Waals surface area contributed by atoms with Crippen LogP contribution in [0.4, 0.5) is 0 Å². The van der Waals surface area contributed by atoms with Gasteiger partial charge in [0.2, 0.25) is 0 Å². The van der Waals surface area contributed by atoms with Crippen molar-refractivity contribution in [3.63, 3.8) is 0 Å². The summed E-state index contributed by atoms with van der Waals surface area (Å²) in [7, 11) is 1.64. The minimum Gasteiger partial charge on any atom is -0.297 e. The van der Waals surface area contributed by atoms with E-state index >= 15 is 0 Å². The fourth-order valence-corrected chi connectivity index (χ4v) is 3.88. The van der Waals surface area contributed by atoms with Crippen LogP contribution in [0.2, 0.25) is 0 Å². The number of halogens is 1. The van der Waals surface area contributed by atoms with Gasteiger partial charge in [-0.15, -0.1) is 10.2 Å². The second-order valence-electron chi connectivity index (χ2n) is 5.79. The van der Waals surface area contributed by atoms with Crippen molar-refractivity contribution in [2.24, 2.45) is 0 Å². The van der Waals surface area contributed by atoms with Crippen LogP contribution in [0.1, 0.15) is 43.1 Å². The Labute approximate surface area is 127 Å². The van der Waals surface area contributed by atoms with Crippen molar-refractivity contribution in [2.45, 2.75) is 42.3 Å². The van der Waals surface area contributed by atoms with Crippen LogP contribution >= 0.6 is 10.7 Å². The van der Waals surface area contributed by atoms with E-state index in [-0.39, 0.29) is 16.6 Å². The fourth-order valence-electron chi connectivity index (χ4n) is 2.96. The van der Waals surface area contributed by atoms with Gasteiger partial charge < -0.3 is 0 Å². The lowest BCUT2D eigenvalue weighted by Crippen LogP contribution is -2.17. The lowest BCUT2D eigenvalue weighted by Gasteiger charge is -2.17. The minimum atomic E-state index is -3.87. The molecule has 5 nitrogen and oxygen atoms in total. The molecule has 21 heavy (non-hydrogen) atoms. The van der Waals surface area contributed by atoms with E-state index in [1.54, 1.807) is 4.57 Å². The van der Waals surface area contributed by atoms with Gasteiger partial charge in [0.1, 0.15) is 5.82 Å². The van der Waals surface area contributed by atoms with Crippen LogP contribution in [0.3, 0.4) is 0 Å². The SMILES string of the molecule is O=S(=O)(Cl)c1nnc(C2(c3ccccc3)CC2)n1C1CC1. The van der Waals surface area contributed by atoms with Crippen LogP contribution in [0.5, 0.6) is 0 Å². The molecule has 0 saturated heterocycles. The zero-order chi connectivity index (χ0) is 14.7. The van der Waals surface area contributed by atoms with Crippen LogP contribution in [-0.4, -0.2) is 23.2 Å². The maximum absolute atomic E-state index is 11.7. The second-order valence-corrected chi connectivity index (χ2v) is 8.25. The lowest BCUT2D eigenvalue weighted by molar-refractivity contribution is 0.557. The molecule has 0 spiro atoms. The van der Waals surface area contributed by atoms with E-state index in [1.807, 2.05) is 18.2 Å². The number of rotatable bonds is 4. The Morgan fingerprint density at radius 1 is 1.14 bits per heavy atom. The third-order valence-corrected chi connectivity index (χ3v) is 5.43. The highest BCUT2D eigenvalue weighted by Gasteiger charge is 2.52. The molecule has 0 N–H and O–H groups in total. The van der Waals surface area contributed by atoms with Crippen molar-refractivity contribution in [3.8, 4) is 0 Å². The van der Waals surface area contributed by atoms with E-state index in [0.29, 0.717) is 0 Å². The van der Waals surface area contributed by atoms with E-state index in [4.69, 9.17) is 10.7 Å². The Kier molecular flexibility index (Phi) is 2.72. The van der Waals surface area contributed by atoms with Gasteiger partial charge >= 0.3 is 0 Å². The van der Waals surface area contributed by atoms with Crippen LogP contribution in [-0.2, 0) is 14.5 Å². The number of hydrogen-bond acceptors (Lipinski definition) is 4. The number of nitrogens with zero attached hydrogens (tertiary/aromatic N) is 3. The highest BCUT2D eigenvalue weighted by atomic mass is 35.7. The molecule has 7 heteroatoms. The van der Waals surface area contributed by atoms with Crippen LogP contribution in [0.25, 0.3) is 0 Å². The lowest BCUT2D eigenvalue weighted by atomic mass is 9.95. The van der Waals surface area contributed by atoms with E-state index in [9.17, 15) is 8.42 Å². The summed E-state index contributed by atoms with van der Waals surface area (Å²) < 4.78 is 25.2. The molecule has 0 bridgehead atoms. The number of hydrogen-bond donors (Lipinski definition) is 0. The van der Waals surface area contributed by atoms with Gasteiger partial charge in [-0.3, -0.25) is 4.57 Å². The summed E-state index contributed by atoms with van der Waals surface area (Å²) in [6.07, 6.45) is 3.83. The van der Waals surface area contributed by atoms with Gasteiger partial charge in [-0.25, -0.2) is 8.42 Å². The van der Waals surface area contributed by atoms with Crippen molar-refractivity contribution in [1.82, 2.24) is 14.8 Å². The van der Waals surface area contributed by atoms with Crippen molar-refractivity contribution >= 4 is 19.7 Å². The van der Waals surface area contributed by atoms with Crippen molar-refractivity contribution < 1.29 is 8.42 Å². The van der Waals surface area contributed by atoms with Crippen LogP contribution in [0.15, 0.2) is 35.5 Å². The van der Waals surface area contributed by atoms with E-state index in [1.165, 1.54) is 0 Å². The maximum atomic E-state index is 11.7. The predicted molar refractivity (Wildman–Crippen MR) is 77.8 cm³/mol. The molecular weight excluding hydrogens is 310 g/mol. The highest BCUT2D eigenvalue weighted by Crippen LogP contribution is 2.54.